The van der Waals surface area contributed by atoms with Gasteiger partial charge < -0.3 is 9.64 Å². The van der Waals surface area contributed by atoms with Crippen LogP contribution in [-0.2, 0) is 0 Å². The van der Waals surface area contributed by atoms with Crippen molar-refractivity contribution in [2.75, 3.05) is 25.1 Å². The van der Waals surface area contributed by atoms with Crippen LogP contribution in [0, 0.1) is 17.2 Å². The molecule has 5 nitrogen and oxygen atoms in total. The Morgan fingerprint density at radius 3 is 2.62 bits per heavy atom. The second kappa shape index (κ2) is 7.20. The number of Topliss-reactive ketones (excluding diaryl/α,β-unsaturated/α-hetero) is 1. The Morgan fingerprint density at radius 2 is 2.04 bits per heavy atom. The number of hydrogen-bond donors (Lipinski definition) is 0. The van der Waals surface area contributed by atoms with Gasteiger partial charge in [0.2, 0.25) is 0 Å². The van der Waals surface area contributed by atoms with Gasteiger partial charge in [0.25, 0.3) is 0 Å². The first-order chi connectivity index (χ1) is 11.6. The Hall–Kier alpha value is -2.10. The van der Waals surface area contributed by atoms with Crippen LogP contribution in [0.15, 0.2) is 24.3 Å². The van der Waals surface area contributed by atoms with Gasteiger partial charge in [0.05, 0.1) is 7.11 Å². The van der Waals surface area contributed by atoms with E-state index in [0.29, 0.717) is 11.1 Å². The molecule has 3 rings (SSSR count). The van der Waals surface area contributed by atoms with Gasteiger partial charge in [0, 0.05) is 24.6 Å². The van der Waals surface area contributed by atoms with Crippen LogP contribution in [0.3, 0.4) is 0 Å². The molecule has 0 bridgehead atoms. The number of benzene rings is 1. The third kappa shape index (κ3) is 3.23. The van der Waals surface area contributed by atoms with Crippen LogP contribution in [0.1, 0.15) is 28.8 Å². The number of rotatable bonds is 4. The topological polar surface area (TPSA) is 66.2 Å². The number of halogens is 1. The maximum absolute atomic E-state index is 12.6. The van der Waals surface area contributed by atoms with Crippen LogP contribution < -0.4 is 9.64 Å². The lowest BCUT2D eigenvalue weighted by Crippen LogP contribution is -2.36. The molecular weight excluding hydrogens is 346 g/mol. The summed E-state index contributed by atoms with van der Waals surface area (Å²) in [5.41, 5.74) is 1.15. The maximum Gasteiger partial charge on any atom is 0.166 e. The van der Waals surface area contributed by atoms with Crippen molar-refractivity contribution in [3.63, 3.8) is 0 Å². The molecule has 0 unspecified atom stereocenters. The predicted molar refractivity (Wildman–Crippen MR) is 94.1 cm³/mol. The van der Waals surface area contributed by atoms with Crippen molar-refractivity contribution in [1.82, 2.24) is 4.37 Å². The minimum Gasteiger partial charge on any atom is -0.497 e. The molecule has 0 spiro atoms. The van der Waals surface area contributed by atoms with Gasteiger partial charge in [-0.15, -0.1) is 0 Å². The van der Waals surface area contributed by atoms with E-state index in [4.69, 9.17) is 16.3 Å². The number of carbonyl (C=O) groups is 1. The van der Waals surface area contributed by atoms with Crippen LogP contribution in [0.5, 0.6) is 5.75 Å². The number of nitrogens with zero attached hydrogens (tertiary/aromatic N) is 3. The predicted octanol–water partition coefficient (Wildman–Crippen LogP) is 3.78. The number of nitriles is 1. The lowest BCUT2D eigenvalue weighted by atomic mass is 9.89. The molecule has 1 aliphatic rings. The first-order valence-corrected chi connectivity index (χ1v) is 8.77. The van der Waals surface area contributed by atoms with Gasteiger partial charge >= 0.3 is 0 Å². The van der Waals surface area contributed by atoms with Crippen molar-refractivity contribution in [2.45, 2.75) is 12.8 Å². The molecule has 0 atom stereocenters. The summed E-state index contributed by atoms with van der Waals surface area (Å²) in [4.78, 5) is 14.7. The molecule has 2 heterocycles. The standard InChI is InChI=1S/C17H16ClN3O2S/c1-23-13-4-2-11(3-5-13)15(22)12-6-8-21(9-7-12)17-14(10-19)16(18)20-24-17/h2-5,12H,6-9H2,1H3. The highest BCUT2D eigenvalue weighted by atomic mass is 35.5. The van der Waals surface area contributed by atoms with Gasteiger partial charge in [-0.1, -0.05) is 11.6 Å². The van der Waals surface area contributed by atoms with E-state index in [9.17, 15) is 10.1 Å². The maximum atomic E-state index is 12.6. The zero-order chi connectivity index (χ0) is 17.1. The second-order valence-electron chi connectivity index (χ2n) is 5.62. The smallest absolute Gasteiger partial charge is 0.166 e. The van der Waals surface area contributed by atoms with E-state index in [0.717, 1.165) is 36.7 Å². The first kappa shape index (κ1) is 16.7. The van der Waals surface area contributed by atoms with Crippen molar-refractivity contribution in [1.29, 1.82) is 5.26 Å². The van der Waals surface area contributed by atoms with E-state index in [-0.39, 0.29) is 16.9 Å². The van der Waals surface area contributed by atoms with E-state index in [2.05, 4.69) is 15.3 Å². The summed E-state index contributed by atoms with van der Waals surface area (Å²) in [6.45, 7) is 1.44. The van der Waals surface area contributed by atoms with Crippen molar-refractivity contribution >= 4 is 33.9 Å². The van der Waals surface area contributed by atoms with Crippen LogP contribution in [0.2, 0.25) is 5.15 Å². The monoisotopic (exact) mass is 361 g/mol. The SMILES string of the molecule is COc1ccc(C(=O)C2CCN(c3snc(Cl)c3C#N)CC2)cc1. The highest BCUT2D eigenvalue weighted by Crippen LogP contribution is 2.34. The molecule has 1 saturated heterocycles. The number of methoxy groups -OCH3 is 1. The fraction of sp³-hybridized carbons (Fsp3) is 0.353. The van der Waals surface area contributed by atoms with Gasteiger partial charge in [-0.25, -0.2) is 0 Å². The number of ketones is 1. The van der Waals surface area contributed by atoms with Gasteiger partial charge in [0.1, 0.15) is 22.4 Å². The van der Waals surface area contributed by atoms with Crippen molar-refractivity contribution in [2.24, 2.45) is 5.92 Å². The molecule has 7 heteroatoms. The summed E-state index contributed by atoms with van der Waals surface area (Å²) >= 11 is 7.17. The molecule has 0 radical (unpaired) electrons. The normalized spacial score (nSPS) is 15.1. The van der Waals surface area contributed by atoms with Crippen LogP contribution in [-0.4, -0.2) is 30.4 Å². The Morgan fingerprint density at radius 1 is 1.38 bits per heavy atom. The largest absolute Gasteiger partial charge is 0.497 e. The minimum absolute atomic E-state index is 0.00331. The van der Waals surface area contributed by atoms with Crippen LogP contribution in [0.4, 0.5) is 5.00 Å². The minimum atomic E-state index is 0.00331. The molecule has 124 valence electrons. The van der Waals surface area contributed by atoms with E-state index in [1.807, 2.05) is 12.1 Å². The number of aromatic nitrogens is 1. The van der Waals surface area contributed by atoms with Crippen LogP contribution >= 0.6 is 23.1 Å². The summed E-state index contributed by atoms with van der Waals surface area (Å²) in [5, 5.41) is 10.3. The summed E-state index contributed by atoms with van der Waals surface area (Å²) in [6, 6.07) is 9.34. The molecule has 1 fully saturated rings. The number of ether oxygens (including phenoxy) is 1. The molecule has 0 amide bonds. The number of carbonyl (C=O) groups excluding carboxylic acids is 1. The molecule has 1 aliphatic heterocycles. The average molecular weight is 362 g/mol. The Bertz CT molecular complexity index is 774. The van der Waals surface area contributed by atoms with Gasteiger partial charge in [-0.3, -0.25) is 4.79 Å². The average Bonchev–Trinajstić information content (AvgIpc) is 3.02. The molecule has 24 heavy (non-hydrogen) atoms. The molecule has 2 aromatic rings. The first-order valence-electron chi connectivity index (χ1n) is 7.62. The molecule has 0 aliphatic carbocycles. The van der Waals surface area contributed by atoms with Crippen LogP contribution in [0.25, 0.3) is 0 Å². The summed E-state index contributed by atoms with van der Waals surface area (Å²) in [6.07, 6.45) is 1.51. The van der Waals surface area contributed by atoms with E-state index in [1.54, 1.807) is 19.2 Å². The quantitative estimate of drug-likeness (QED) is 0.775. The van der Waals surface area contributed by atoms with E-state index in [1.165, 1.54) is 11.5 Å². The van der Waals surface area contributed by atoms with E-state index < -0.39 is 0 Å². The summed E-state index contributed by atoms with van der Waals surface area (Å²) in [7, 11) is 1.60. The molecular formula is C17H16ClN3O2S. The number of piperidine rings is 1. The zero-order valence-electron chi connectivity index (χ0n) is 13.2. The van der Waals surface area contributed by atoms with E-state index >= 15 is 0 Å². The van der Waals surface area contributed by atoms with Gasteiger partial charge in [0.15, 0.2) is 10.9 Å². The zero-order valence-corrected chi connectivity index (χ0v) is 14.7. The Labute approximate surface area is 149 Å². The van der Waals surface area contributed by atoms with Crippen molar-refractivity contribution in [3.8, 4) is 11.8 Å². The second-order valence-corrected chi connectivity index (χ2v) is 6.73. The molecule has 1 aromatic carbocycles. The third-order valence-corrected chi connectivity index (χ3v) is 5.55. The lowest BCUT2D eigenvalue weighted by Gasteiger charge is -2.31. The molecule has 0 N–H and O–H groups in total. The van der Waals surface area contributed by atoms with Gasteiger partial charge in [-0.2, -0.15) is 9.64 Å². The number of hydrogen-bond acceptors (Lipinski definition) is 6. The molecule has 0 saturated carbocycles. The third-order valence-electron chi connectivity index (χ3n) is 4.27. The fourth-order valence-corrected chi connectivity index (χ4v) is 3.99. The summed E-state index contributed by atoms with van der Waals surface area (Å²) in [5.74, 6) is 0.913. The lowest BCUT2D eigenvalue weighted by molar-refractivity contribution is 0.0900. The van der Waals surface area contributed by atoms with Crippen molar-refractivity contribution in [3.05, 3.63) is 40.5 Å². The Balaban J connectivity index is 1.66. The van der Waals surface area contributed by atoms with Gasteiger partial charge in [-0.05, 0) is 48.6 Å². The fourth-order valence-electron chi connectivity index (χ4n) is 2.91. The summed E-state index contributed by atoms with van der Waals surface area (Å²) < 4.78 is 9.17. The highest BCUT2D eigenvalue weighted by Gasteiger charge is 2.28. The number of anilines is 1. The van der Waals surface area contributed by atoms with Crippen molar-refractivity contribution < 1.29 is 9.53 Å². The highest BCUT2D eigenvalue weighted by molar-refractivity contribution is 7.10. The molecule has 1 aromatic heterocycles. The Kier molecular flexibility index (Phi) is 5.03.